The molecule has 2 aromatic rings. The molecule has 6 nitrogen and oxygen atoms in total. The Morgan fingerprint density at radius 3 is 2.74 bits per heavy atom. The Hall–Kier alpha value is -1.73. The number of thioether (sulfide) groups is 1. The van der Waals surface area contributed by atoms with Crippen molar-refractivity contribution in [2.45, 2.75) is 56.7 Å². The summed E-state index contributed by atoms with van der Waals surface area (Å²) < 4.78 is 7.93. The summed E-state index contributed by atoms with van der Waals surface area (Å²) in [6.07, 6.45) is 2.19. The van der Waals surface area contributed by atoms with Gasteiger partial charge in [-0.15, -0.1) is 10.2 Å². The van der Waals surface area contributed by atoms with Crippen molar-refractivity contribution >= 4 is 29.3 Å². The van der Waals surface area contributed by atoms with E-state index in [9.17, 15) is 4.79 Å². The quantitative estimate of drug-likeness (QED) is 0.632. The summed E-state index contributed by atoms with van der Waals surface area (Å²) in [6.45, 7) is 7.02. The molecule has 0 unspecified atom stereocenters. The summed E-state index contributed by atoms with van der Waals surface area (Å²) >= 11 is 7.59. The van der Waals surface area contributed by atoms with Gasteiger partial charge in [-0.2, -0.15) is 0 Å². The van der Waals surface area contributed by atoms with Crippen LogP contribution >= 0.6 is 23.4 Å². The van der Waals surface area contributed by atoms with Crippen LogP contribution in [0.15, 0.2) is 29.4 Å². The number of amides is 1. The monoisotopic (exact) mass is 408 g/mol. The maximum absolute atomic E-state index is 12.3. The fourth-order valence-electron chi connectivity index (χ4n) is 2.55. The largest absolute Gasteiger partial charge is 0.484 e. The smallest absolute Gasteiger partial charge is 0.233 e. The lowest BCUT2D eigenvalue weighted by Crippen LogP contribution is -2.33. The van der Waals surface area contributed by atoms with E-state index in [0.717, 1.165) is 23.8 Å². The first-order valence-corrected chi connectivity index (χ1v) is 10.5. The van der Waals surface area contributed by atoms with Crippen molar-refractivity contribution < 1.29 is 9.53 Å². The van der Waals surface area contributed by atoms with E-state index in [4.69, 9.17) is 16.3 Å². The second-order valence-electron chi connectivity index (χ2n) is 7.12. The predicted molar refractivity (Wildman–Crippen MR) is 107 cm³/mol. The summed E-state index contributed by atoms with van der Waals surface area (Å²) in [4.78, 5) is 12.3. The predicted octanol–water partition coefficient (Wildman–Crippen LogP) is 4.10. The molecule has 1 aromatic heterocycles. The van der Waals surface area contributed by atoms with E-state index in [1.165, 1.54) is 11.8 Å². The number of carbonyl (C=O) groups excluding carboxylic acids is 1. The molecule has 1 saturated carbocycles. The highest BCUT2D eigenvalue weighted by Crippen LogP contribution is 2.39. The standard InChI is InChI=1S/C19H25ClN4O2S/c1-12(2)10-21-18(25)13(3)27-19-23-22-17(24(19)14-8-9-14)11-26-16-7-5-4-6-15(16)20/h4-7,12-14H,8-11H2,1-3H3,(H,21,25)/t13-/m0/s1. The molecule has 27 heavy (non-hydrogen) atoms. The van der Waals surface area contributed by atoms with Gasteiger partial charge in [-0.3, -0.25) is 9.36 Å². The topological polar surface area (TPSA) is 69.0 Å². The molecule has 8 heteroatoms. The average Bonchev–Trinajstić information content (AvgIpc) is 3.40. The molecular weight excluding hydrogens is 384 g/mol. The highest BCUT2D eigenvalue weighted by molar-refractivity contribution is 8.00. The third-order valence-electron chi connectivity index (χ3n) is 4.18. The molecule has 1 N–H and O–H groups in total. The zero-order valence-electron chi connectivity index (χ0n) is 15.8. The lowest BCUT2D eigenvalue weighted by molar-refractivity contribution is -0.120. The number of hydrogen-bond donors (Lipinski definition) is 1. The number of hydrogen-bond acceptors (Lipinski definition) is 5. The van der Waals surface area contributed by atoms with E-state index >= 15 is 0 Å². The van der Waals surface area contributed by atoms with E-state index in [2.05, 4.69) is 33.9 Å². The van der Waals surface area contributed by atoms with Gasteiger partial charge >= 0.3 is 0 Å². The molecule has 0 aliphatic heterocycles. The normalized spacial score (nSPS) is 15.0. The van der Waals surface area contributed by atoms with Crippen molar-refractivity contribution in [1.82, 2.24) is 20.1 Å². The van der Waals surface area contributed by atoms with Crippen molar-refractivity contribution in [3.05, 3.63) is 35.1 Å². The van der Waals surface area contributed by atoms with E-state index in [-0.39, 0.29) is 11.2 Å². The van der Waals surface area contributed by atoms with Crippen LogP contribution in [0.1, 0.15) is 45.5 Å². The Labute approximate surface area is 169 Å². The average molecular weight is 409 g/mol. The van der Waals surface area contributed by atoms with Gasteiger partial charge in [-0.05, 0) is 37.8 Å². The Balaban J connectivity index is 1.66. The summed E-state index contributed by atoms with van der Waals surface area (Å²) in [7, 11) is 0. The van der Waals surface area contributed by atoms with E-state index in [1.54, 1.807) is 6.07 Å². The molecule has 0 radical (unpaired) electrons. The van der Waals surface area contributed by atoms with Gasteiger partial charge in [0.25, 0.3) is 0 Å². The van der Waals surface area contributed by atoms with Crippen LogP contribution < -0.4 is 10.1 Å². The second-order valence-corrected chi connectivity index (χ2v) is 8.83. The van der Waals surface area contributed by atoms with E-state index < -0.39 is 0 Å². The fourth-order valence-corrected chi connectivity index (χ4v) is 3.70. The number of rotatable bonds is 9. The molecule has 1 fully saturated rings. The summed E-state index contributed by atoms with van der Waals surface area (Å²) in [5.74, 6) is 1.83. The minimum absolute atomic E-state index is 0.0212. The van der Waals surface area contributed by atoms with Gasteiger partial charge in [-0.1, -0.05) is 49.3 Å². The molecule has 0 saturated heterocycles. The van der Waals surface area contributed by atoms with Crippen LogP contribution in [-0.4, -0.2) is 32.5 Å². The Bertz CT molecular complexity index is 792. The van der Waals surface area contributed by atoms with Crippen molar-refractivity contribution in [2.75, 3.05) is 6.54 Å². The van der Waals surface area contributed by atoms with Crippen molar-refractivity contribution in [3.63, 3.8) is 0 Å². The lowest BCUT2D eigenvalue weighted by atomic mass is 10.2. The van der Waals surface area contributed by atoms with Crippen LogP contribution in [0.4, 0.5) is 0 Å². The van der Waals surface area contributed by atoms with E-state index in [1.807, 2.05) is 25.1 Å². The minimum atomic E-state index is -0.234. The number of aromatic nitrogens is 3. The van der Waals surface area contributed by atoms with Gasteiger partial charge in [0, 0.05) is 12.6 Å². The van der Waals surface area contributed by atoms with Crippen LogP contribution in [0.3, 0.4) is 0 Å². The molecule has 1 amide bonds. The first-order valence-electron chi connectivity index (χ1n) is 9.21. The van der Waals surface area contributed by atoms with Gasteiger partial charge in [0.1, 0.15) is 12.4 Å². The van der Waals surface area contributed by atoms with Gasteiger partial charge in [0.15, 0.2) is 11.0 Å². The second kappa shape index (κ2) is 8.97. The maximum Gasteiger partial charge on any atom is 0.233 e. The molecule has 1 aliphatic rings. The molecule has 1 atom stereocenters. The zero-order valence-corrected chi connectivity index (χ0v) is 17.4. The lowest BCUT2D eigenvalue weighted by Gasteiger charge is -2.14. The number of carbonyl (C=O) groups is 1. The SMILES string of the molecule is CC(C)CNC(=O)[C@H](C)Sc1nnc(COc2ccccc2Cl)n1C1CC1. The highest BCUT2D eigenvalue weighted by Gasteiger charge is 2.31. The summed E-state index contributed by atoms with van der Waals surface area (Å²) in [5, 5.41) is 12.7. The Morgan fingerprint density at radius 2 is 2.07 bits per heavy atom. The maximum atomic E-state index is 12.3. The highest BCUT2D eigenvalue weighted by atomic mass is 35.5. The van der Waals surface area contributed by atoms with Crippen LogP contribution in [0.2, 0.25) is 5.02 Å². The third kappa shape index (κ3) is 5.39. The van der Waals surface area contributed by atoms with Gasteiger partial charge < -0.3 is 10.1 Å². The minimum Gasteiger partial charge on any atom is -0.484 e. The number of halogens is 1. The number of benzene rings is 1. The van der Waals surface area contributed by atoms with E-state index in [0.29, 0.717) is 35.9 Å². The molecule has 1 aromatic carbocycles. The Morgan fingerprint density at radius 1 is 1.33 bits per heavy atom. The van der Waals surface area contributed by atoms with Crippen molar-refractivity contribution in [1.29, 1.82) is 0 Å². The number of nitrogens with one attached hydrogen (secondary N) is 1. The van der Waals surface area contributed by atoms with Crippen molar-refractivity contribution in [3.8, 4) is 5.75 Å². The number of ether oxygens (including phenoxy) is 1. The third-order valence-corrected chi connectivity index (χ3v) is 5.55. The summed E-state index contributed by atoms with van der Waals surface area (Å²) in [6, 6.07) is 7.75. The first kappa shape index (κ1) is 20.0. The van der Waals surface area contributed by atoms with Gasteiger partial charge in [0.2, 0.25) is 5.91 Å². The van der Waals surface area contributed by atoms with Crippen LogP contribution in [-0.2, 0) is 11.4 Å². The molecule has 1 aliphatic carbocycles. The first-order chi connectivity index (χ1) is 13.0. The molecular formula is C19H25ClN4O2S. The molecule has 1 heterocycles. The van der Waals surface area contributed by atoms with Gasteiger partial charge in [0.05, 0.1) is 10.3 Å². The Kier molecular flexibility index (Phi) is 6.65. The zero-order chi connectivity index (χ0) is 19.4. The number of para-hydroxylation sites is 1. The van der Waals surface area contributed by atoms with Crippen molar-refractivity contribution in [2.24, 2.45) is 5.92 Å². The summed E-state index contributed by atoms with van der Waals surface area (Å²) in [5.41, 5.74) is 0. The van der Waals surface area contributed by atoms with Crippen LogP contribution in [0, 0.1) is 5.92 Å². The molecule has 0 bridgehead atoms. The van der Waals surface area contributed by atoms with Gasteiger partial charge in [-0.25, -0.2) is 0 Å². The van der Waals surface area contributed by atoms with Crippen LogP contribution in [0.5, 0.6) is 5.75 Å². The molecule has 0 spiro atoms. The molecule has 3 rings (SSSR count). The molecule has 146 valence electrons. The number of nitrogens with zero attached hydrogens (tertiary/aromatic N) is 3. The van der Waals surface area contributed by atoms with Crippen LogP contribution in [0.25, 0.3) is 0 Å². The fraction of sp³-hybridized carbons (Fsp3) is 0.526.